The Labute approximate surface area is 183 Å². The van der Waals surface area contributed by atoms with E-state index >= 15 is 0 Å². The van der Waals surface area contributed by atoms with Gasteiger partial charge < -0.3 is 9.64 Å². The summed E-state index contributed by atoms with van der Waals surface area (Å²) in [5.41, 5.74) is 1.79. The maximum Gasteiger partial charge on any atom is 0.264 e. The standard InChI is InChI=1S/C24H18ClF2NO3/c25-17-7-8-22(20(12-17)24(30)16-10-18(26)13-19(27)11-16)31-14-23(29)28-9-3-5-15-4-1-2-6-21(15)28/h1-2,4,6-8,10-13H,3,5,9,14H2. The minimum absolute atomic E-state index is 0.0179. The average molecular weight is 442 g/mol. The third-order valence-corrected chi connectivity index (χ3v) is 5.31. The van der Waals surface area contributed by atoms with Gasteiger partial charge in [-0.2, -0.15) is 0 Å². The molecule has 0 spiro atoms. The van der Waals surface area contributed by atoms with Crippen molar-refractivity contribution >= 4 is 29.0 Å². The summed E-state index contributed by atoms with van der Waals surface area (Å²) < 4.78 is 32.8. The molecular formula is C24H18ClF2NO3. The Morgan fingerprint density at radius 2 is 1.74 bits per heavy atom. The van der Waals surface area contributed by atoms with Gasteiger partial charge >= 0.3 is 0 Å². The molecule has 0 aromatic heterocycles. The summed E-state index contributed by atoms with van der Waals surface area (Å²) in [5, 5.41) is 0.254. The highest BCUT2D eigenvalue weighted by molar-refractivity contribution is 6.31. The van der Waals surface area contributed by atoms with Crippen LogP contribution in [-0.4, -0.2) is 24.8 Å². The number of halogens is 3. The number of ether oxygens (including phenoxy) is 1. The second-order valence-electron chi connectivity index (χ2n) is 7.19. The van der Waals surface area contributed by atoms with Crippen LogP contribution in [-0.2, 0) is 11.2 Å². The summed E-state index contributed by atoms with van der Waals surface area (Å²) in [4.78, 5) is 27.4. The number of ketones is 1. The van der Waals surface area contributed by atoms with Gasteiger partial charge in [-0.05, 0) is 54.8 Å². The lowest BCUT2D eigenvalue weighted by atomic mass is 10.0. The van der Waals surface area contributed by atoms with Gasteiger partial charge in [0.05, 0.1) is 5.56 Å². The number of carbonyl (C=O) groups excluding carboxylic acids is 2. The van der Waals surface area contributed by atoms with Crippen molar-refractivity contribution in [3.05, 3.63) is 94.0 Å². The molecule has 1 heterocycles. The fourth-order valence-corrected chi connectivity index (χ4v) is 3.83. The van der Waals surface area contributed by atoms with Crippen LogP contribution in [0.25, 0.3) is 0 Å². The minimum atomic E-state index is -0.869. The molecule has 7 heteroatoms. The number of hydrogen-bond donors (Lipinski definition) is 0. The predicted molar refractivity (Wildman–Crippen MR) is 114 cm³/mol. The van der Waals surface area contributed by atoms with E-state index in [1.165, 1.54) is 18.2 Å². The molecule has 3 aromatic carbocycles. The fraction of sp³-hybridized carbons (Fsp3) is 0.167. The van der Waals surface area contributed by atoms with Crippen molar-refractivity contribution in [1.82, 2.24) is 0 Å². The van der Waals surface area contributed by atoms with E-state index in [1.54, 1.807) is 4.90 Å². The molecule has 0 atom stereocenters. The third-order valence-electron chi connectivity index (χ3n) is 5.07. The highest BCUT2D eigenvalue weighted by atomic mass is 35.5. The van der Waals surface area contributed by atoms with Gasteiger partial charge in [-0.3, -0.25) is 9.59 Å². The zero-order chi connectivity index (χ0) is 22.0. The number of hydrogen-bond acceptors (Lipinski definition) is 3. The van der Waals surface area contributed by atoms with Crippen molar-refractivity contribution in [2.24, 2.45) is 0 Å². The monoisotopic (exact) mass is 441 g/mol. The Balaban J connectivity index is 1.56. The number of amides is 1. The highest BCUT2D eigenvalue weighted by Gasteiger charge is 2.24. The second kappa shape index (κ2) is 8.86. The summed E-state index contributed by atoms with van der Waals surface area (Å²) in [5.74, 6) is -2.54. The van der Waals surface area contributed by atoms with Crippen molar-refractivity contribution in [2.75, 3.05) is 18.1 Å². The molecule has 0 aliphatic carbocycles. The Bertz CT molecular complexity index is 1150. The summed E-state index contributed by atoms with van der Waals surface area (Å²) in [6.45, 7) is 0.280. The Morgan fingerprint density at radius 1 is 1.00 bits per heavy atom. The first kappa shape index (κ1) is 21.0. The van der Waals surface area contributed by atoms with Crippen LogP contribution in [0.3, 0.4) is 0 Å². The Hall–Kier alpha value is -3.25. The smallest absolute Gasteiger partial charge is 0.264 e. The molecule has 1 amide bonds. The third kappa shape index (κ3) is 4.59. The largest absolute Gasteiger partial charge is 0.483 e. The van der Waals surface area contributed by atoms with Gasteiger partial charge in [0, 0.05) is 28.9 Å². The Morgan fingerprint density at radius 3 is 2.52 bits per heavy atom. The van der Waals surface area contributed by atoms with Crippen LogP contribution in [0.4, 0.5) is 14.5 Å². The first-order valence-corrected chi connectivity index (χ1v) is 10.1. The number of benzene rings is 3. The molecule has 4 rings (SSSR count). The van der Waals surface area contributed by atoms with Crippen LogP contribution in [0.15, 0.2) is 60.7 Å². The zero-order valence-corrected chi connectivity index (χ0v) is 17.2. The van der Waals surface area contributed by atoms with Crippen molar-refractivity contribution in [2.45, 2.75) is 12.8 Å². The van der Waals surface area contributed by atoms with Gasteiger partial charge in [0.15, 0.2) is 12.4 Å². The molecular weight excluding hydrogens is 424 g/mol. The van der Waals surface area contributed by atoms with Gasteiger partial charge in [-0.25, -0.2) is 8.78 Å². The fourth-order valence-electron chi connectivity index (χ4n) is 3.66. The minimum Gasteiger partial charge on any atom is -0.483 e. The van der Waals surface area contributed by atoms with E-state index in [-0.39, 0.29) is 34.4 Å². The number of anilines is 1. The SMILES string of the molecule is O=C(c1cc(F)cc(F)c1)c1cc(Cl)ccc1OCC(=O)N1CCCc2ccccc21. The molecule has 0 saturated heterocycles. The summed E-state index contributed by atoms with van der Waals surface area (Å²) in [6, 6.07) is 14.6. The lowest BCUT2D eigenvalue weighted by Crippen LogP contribution is -2.38. The molecule has 3 aromatic rings. The lowest BCUT2D eigenvalue weighted by Gasteiger charge is -2.29. The topological polar surface area (TPSA) is 46.6 Å². The van der Waals surface area contributed by atoms with Gasteiger partial charge in [0.2, 0.25) is 0 Å². The van der Waals surface area contributed by atoms with Crippen LogP contribution in [0.5, 0.6) is 5.75 Å². The molecule has 4 nitrogen and oxygen atoms in total. The van der Waals surface area contributed by atoms with Crippen molar-refractivity contribution in [1.29, 1.82) is 0 Å². The molecule has 1 aliphatic heterocycles. The van der Waals surface area contributed by atoms with Crippen molar-refractivity contribution in [3.63, 3.8) is 0 Å². The van der Waals surface area contributed by atoms with Crippen molar-refractivity contribution < 1.29 is 23.1 Å². The number of fused-ring (bicyclic) bond motifs is 1. The molecule has 1 aliphatic rings. The zero-order valence-electron chi connectivity index (χ0n) is 16.4. The quantitative estimate of drug-likeness (QED) is 0.511. The number of carbonyl (C=O) groups is 2. The van der Waals surface area contributed by atoms with E-state index in [0.29, 0.717) is 12.6 Å². The van der Waals surface area contributed by atoms with Crippen LogP contribution in [0.1, 0.15) is 27.9 Å². The van der Waals surface area contributed by atoms with E-state index in [0.717, 1.165) is 36.2 Å². The summed E-state index contributed by atoms with van der Waals surface area (Å²) in [7, 11) is 0. The highest BCUT2D eigenvalue weighted by Crippen LogP contribution is 2.29. The maximum atomic E-state index is 13.6. The molecule has 31 heavy (non-hydrogen) atoms. The normalized spacial score (nSPS) is 12.9. The molecule has 0 N–H and O–H groups in total. The van der Waals surface area contributed by atoms with E-state index in [1.807, 2.05) is 24.3 Å². The van der Waals surface area contributed by atoms with Crippen LogP contribution in [0.2, 0.25) is 5.02 Å². The van der Waals surface area contributed by atoms with E-state index in [2.05, 4.69) is 0 Å². The lowest BCUT2D eigenvalue weighted by molar-refractivity contribution is -0.120. The average Bonchev–Trinajstić information content (AvgIpc) is 2.76. The predicted octanol–water partition coefficient (Wildman–Crippen LogP) is 5.21. The number of aryl methyl sites for hydroxylation is 1. The van der Waals surface area contributed by atoms with E-state index < -0.39 is 17.4 Å². The molecule has 0 saturated carbocycles. The molecule has 0 bridgehead atoms. The van der Waals surface area contributed by atoms with Crippen LogP contribution >= 0.6 is 11.6 Å². The summed E-state index contributed by atoms with van der Waals surface area (Å²) >= 11 is 6.02. The van der Waals surface area contributed by atoms with E-state index in [4.69, 9.17) is 16.3 Å². The second-order valence-corrected chi connectivity index (χ2v) is 7.63. The van der Waals surface area contributed by atoms with Gasteiger partial charge in [-0.1, -0.05) is 29.8 Å². The molecule has 158 valence electrons. The molecule has 0 fully saturated rings. The first-order chi connectivity index (χ1) is 14.9. The Kier molecular flexibility index (Phi) is 6.00. The maximum absolute atomic E-state index is 13.6. The van der Waals surface area contributed by atoms with Gasteiger partial charge in [0.1, 0.15) is 17.4 Å². The molecule has 0 unspecified atom stereocenters. The molecule has 0 radical (unpaired) electrons. The first-order valence-electron chi connectivity index (χ1n) is 9.74. The number of para-hydroxylation sites is 1. The van der Waals surface area contributed by atoms with Gasteiger partial charge in [-0.15, -0.1) is 0 Å². The van der Waals surface area contributed by atoms with Crippen LogP contribution < -0.4 is 9.64 Å². The van der Waals surface area contributed by atoms with Crippen LogP contribution in [0, 0.1) is 11.6 Å². The summed E-state index contributed by atoms with van der Waals surface area (Å²) in [6.07, 6.45) is 1.75. The van der Waals surface area contributed by atoms with Crippen molar-refractivity contribution in [3.8, 4) is 5.75 Å². The van der Waals surface area contributed by atoms with E-state index in [9.17, 15) is 18.4 Å². The number of nitrogens with zero attached hydrogens (tertiary/aromatic N) is 1. The number of rotatable bonds is 5. The van der Waals surface area contributed by atoms with Gasteiger partial charge in [0.25, 0.3) is 5.91 Å².